The minimum Gasteiger partial charge on any atom is -0.336 e. The Bertz CT molecular complexity index is 1180. The first kappa shape index (κ1) is 17.3. The number of hydrogen-bond donors (Lipinski definition) is 0. The van der Waals surface area contributed by atoms with Gasteiger partial charge in [0.05, 0.1) is 5.00 Å². The van der Waals surface area contributed by atoms with Crippen LogP contribution in [0.25, 0.3) is 10.8 Å². The molecule has 1 aromatic heterocycles. The van der Waals surface area contributed by atoms with E-state index in [0.717, 1.165) is 12.8 Å². The topological polar surface area (TPSA) is 3.24 Å². The molecule has 0 amide bonds. The van der Waals surface area contributed by atoms with Crippen molar-refractivity contribution in [2.75, 3.05) is 11.9 Å². The fourth-order valence-corrected chi connectivity index (χ4v) is 5.54. The third kappa shape index (κ3) is 2.69. The summed E-state index contributed by atoms with van der Waals surface area (Å²) in [6.07, 6.45) is 11.0. The van der Waals surface area contributed by atoms with Crippen molar-refractivity contribution in [3.63, 3.8) is 0 Å². The predicted octanol–water partition coefficient (Wildman–Crippen LogP) is 7.30. The van der Waals surface area contributed by atoms with Crippen molar-refractivity contribution in [3.8, 4) is 0 Å². The molecule has 0 N–H and O–H groups in total. The fraction of sp³-hybridized carbons (Fsp3) is 0.192. The van der Waals surface area contributed by atoms with Gasteiger partial charge in [-0.05, 0) is 59.7 Å². The molecule has 0 saturated carbocycles. The van der Waals surface area contributed by atoms with Crippen LogP contribution in [0.3, 0.4) is 0 Å². The highest BCUT2D eigenvalue weighted by Crippen LogP contribution is 2.47. The zero-order valence-electron chi connectivity index (χ0n) is 16.3. The van der Waals surface area contributed by atoms with Gasteiger partial charge < -0.3 is 4.90 Å². The van der Waals surface area contributed by atoms with E-state index in [1.54, 1.807) is 0 Å². The molecular formula is C26H23NS. The van der Waals surface area contributed by atoms with Crippen LogP contribution in [0.5, 0.6) is 0 Å². The van der Waals surface area contributed by atoms with Crippen molar-refractivity contribution < 1.29 is 0 Å². The molecule has 0 saturated heterocycles. The maximum Gasteiger partial charge on any atom is 0.0953 e. The van der Waals surface area contributed by atoms with Crippen LogP contribution in [0.15, 0.2) is 95.8 Å². The first-order valence-corrected chi connectivity index (χ1v) is 10.6. The Hall–Kier alpha value is -2.80. The van der Waals surface area contributed by atoms with E-state index >= 15 is 0 Å². The summed E-state index contributed by atoms with van der Waals surface area (Å²) in [5.74, 6) is 0. The van der Waals surface area contributed by atoms with E-state index < -0.39 is 0 Å². The average Bonchev–Trinajstić information content (AvgIpc) is 3.24. The molecule has 1 nitrogen and oxygen atoms in total. The van der Waals surface area contributed by atoms with Crippen molar-refractivity contribution in [2.24, 2.45) is 0 Å². The number of rotatable bonds is 3. The normalized spacial score (nSPS) is 20.6. The summed E-state index contributed by atoms with van der Waals surface area (Å²) in [7, 11) is 2.18. The zero-order chi connectivity index (χ0) is 19.1. The molecule has 2 aliphatic rings. The lowest BCUT2D eigenvalue weighted by molar-refractivity contribution is 0.576. The Balaban J connectivity index is 1.55. The second-order valence-corrected chi connectivity index (χ2v) is 8.85. The average molecular weight is 382 g/mol. The van der Waals surface area contributed by atoms with Gasteiger partial charge in [-0.15, -0.1) is 17.1 Å². The second-order valence-electron chi connectivity index (χ2n) is 7.79. The van der Waals surface area contributed by atoms with Gasteiger partial charge in [-0.3, -0.25) is 0 Å². The summed E-state index contributed by atoms with van der Waals surface area (Å²) in [5, 5.41) is 3.85. The van der Waals surface area contributed by atoms with Crippen LogP contribution in [0.4, 0.5) is 10.7 Å². The Morgan fingerprint density at radius 3 is 2.82 bits per heavy atom. The minimum atomic E-state index is 0.0356. The molecular weight excluding hydrogens is 358 g/mol. The standard InChI is InChI=1S/C26H23NS/c1-26(18-8-12-20-10-4-6-14-22(20)26)24-16-17-25(28-24)27(2)23-15-7-11-19-9-3-5-13-21(19)23/h3-5,7-9,11-17H,10,18H2,1-2H3. The molecule has 2 aliphatic carbocycles. The first-order chi connectivity index (χ1) is 13.7. The Morgan fingerprint density at radius 1 is 1.04 bits per heavy atom. The van der Waals surface area contributed by atoms with Crippen molar-refractivity contribution >= 4 is 32.8 Å². The molecule has 0 bridgehead atoms. The molecule has 5 rings (SSSR count). The van der Waals surface area contributed by atoms with Crippen LogP contribution >= 0.6 is 11.3 Å². The maximum atomic E-state index is 3.34. The second kappa shape index (κ2) is 6.67. The van der Waals surface area contributed by atoms with Crippen molar-refractivity contribution in [2.45, 2.75) is 25.2 Å². The van der Waals surface area contributed by atoms with Crippen LogP contribution in [-0.4, -0.2) is 7.05 Å². The summed E-state index contributed by atoms with van der Waals surface area (Å²) in [6, 6.07) is 19.7. The monoisotopic (exact) mass is 381 g/mol. The highest BCUT2D eigenvalue weighted by Gasteiger charge is 2.34. The van der Waals surface area contributed by atoms with Crippen molar-refractivity contribution in [1.82, 2.24) is 0 Å². The molecule has 0 radical (unpaired) electrons. The summed E-state index contributed by atoms with van der Waals surface area (Å²) < 4.78 is 0. The SMILES string of the molecule is CN(c1ccc(C2(C)CC=CC3=C2C=C=CC3)s1)c1cccc2ccccc12. The smallest absolute Gasteiger partial charge is 0.0953 e. The lowest BCUT2D eigenvalue weighted by Gasteiger charge is -2.34. The van der Waals surface area contributed by atoms with Gasteiger partial charge in [0.15, 0.2) is 0 Å². The Kier molecular flexibility index (Phi) is 4.12. The largest absolute Gasteiger partial charge is 0.336 e. The Morgan fingerprint density at radius 2 is 1.89 bits per heavy atom. The van der Waals surface area contributed by atoms with Gasteiger partial charge in [-0.2, -0.15) is 0 Å². The van der Waals surface area contributed by atoms with Gasteiger partial charge in [0, 0.05) is 28.4 Å². The third-order valence-corrected chi connectivity index (χ3v) is 7.47. The minimum absolute atomic E-state index is 0.0356. The summed E-state index contributed by atoms with van der Waals surface area (Å²) in [5.41, 5.74) is 7.49. The van der Waals surface area contributed by atoms with Crippen molar-refractivity contribution in [1.29, 1.82) is 0 Å². The summed E-state index contributed by atoms with van der Waals surface area (Å²) >= 11 is 1.91. The molecule has 138 valence electrons. The number of thiophene rings is 1. The van der Waals surface area contributed by atoms with E-state index in [0.29, 0.717) is 0 Å². The van der Waals surface area contributed by atoms with E-state index in [2.05, 4.69) is 104 Å². The number of hydrogen-bond acceptors (Lipinski definition) is 2. The highest BCUT2D eigenvalue weighted by atomic mass is 32.1. The lowest BCUT2D eigenvalue weighted by Crippen LogP contribution is -2.25. The molecule has 1 heterocycles. The van der Waals surface area contributed by atoms with Crippen LogP contribution in [0.2, 0.25) is 0 Å². The molecule has 0 aliphatic heterocycles. The summed E-state index contributed by atoms with van der Waals surface area (Å²) in [4.78, 5) is 3.75. The van der Waals surface area contributed by atoms with E-state index in [9.17, 15) is 0 Å². The molecule has 1 atom stereocenters. The molecule has 3 aromatic rings. The van der Waals surface area contributed by atoms with Crippen LogP contribution in [0.1, 0.15) is 24.6 Å². The zero-order valence-corrected chi connectivity index (χ0v) is 17.1. The van der Waals surface area contributed by atoms with E-state index in [1.807, 2.05) is 11.3 Å². The third-order valence-electron chi connectivity index (χ3n) is 6.05. The van der Waals surface area contributed by atoms with Gasteiger partial charge in [0.1, 0.15) is 0 Å². The van der Waals surface area contributed by atoms with Gasteiger partial charge in [-0.1, -0.05) is 55.5 Å². The maximum absolute atomic E-state index is 3.34. The van der Waals surface area contributed by atoms with Crippen LogP contribution < -0.4 is 4.90 Å². The van der Waals surface area contributed by atoms with Crippen LogP contribution in [0, 0.1) is 0 Å². The van der Waals surface area contributed by atoms with Gasteiger partial charge >= 0.3 is 0 Å². The number of benzene rings is 2. The highest BCUT2D eigenvalue weighted by molar-refractivity contribution is 7.16. The number of fused-ring (bicyclic) bond motifs is 1. The number of anilines is 2. The quantitative estimate of drug-likeness (QED) is 0.430. The molecule has 1 unspecified atom stereocenters. The first-order valence-electron chi connectivity index (χ1n) is 9.80. The van der Waals surface area contributed by atoms with Gasteiger partial charge in [0.25, 0.3) is 0 Å². The Labute approximate surface area is 170 Å². The molecule has 2 heteroatoms. The fourth-order valence-electron chi connectivity index (χ4n) is 4.39. The van der Waals surface area contributed by atoms with E-state index in [1.165, 1.54) is 37.5 Å². The van der Waals surface area contributed by atoms with Gasteiger partial charge in [-0.25, -0.2) is 0 Å². The molecule has 2 aromatic carbocycles. The molecule has 28 heavy (non-hydrogen) atoms. The van der Waals surface area contributed by atoms with Gasteiger partial charge in [0.2, 0.25) is 0 Å². The number of allylic oxidation sites excluding steroid dienone is 5. The lowest BCUT2D eigenvalue weighted by atomic mass is 9.71. The van der Waals surface area contributed by atoms with Crippen molar-refractivity contribution in [3.05, 3.63) is 101 Å². The molecule has 0 spiro atoms. The molecule has 0 fully saturated rings. The van der Waals surface area contributed by atoms with E-state index in [-0.39, 0.29) is 5.41 Å². The summed E-state index contributed by atoms with van der Waals surface area (Å²) in [6.45, 7) is 2.38. The predicted molar refractivity (Wildman–Crippen MR) is 122 cm³/mol. The van der Waals surface area contributed by atoms with E-state index in [4.69, 9.17) is 0 Å². The van der Waals surface area contributed by atoms with Crippen LogP contribution in [-0.2, 0) is 5.41 Å². The number of nitrogens with zero attached hydrogens (tertiary/aromatic N) is 1.